The van der Waals surface area contributed by atoms with Gasteiger partial charge in [0.2, 0.25) is 0 Å². The van der Waals surface area contributed by atoms with E-state index in [4.69, 9.17) is 0 Å². The molecule has 0 aromatic rings. The van der Waals surface area contributed by atoms with Gasteiger partial charge >= 0.3 is 0 Å². The van der Waals surface area contributed by atoms with Gasteiger partial charge in [-0.25, -0.2) is 0 Å². The Morgan fingerprint density at radius 1 is 1.38 bits per heavy atom. The highest BCUT2D eigenvalue weighted by Gasteiger charge is 2.63. The van der Waals surface area contributed by atoms with Crippen molar-refractivity contribution in [2.45, 2.75) is 46.5 Å². The van der Waals surface area contributed by atoms with E-state index in [1.165, 1.54) is 31.3 Å². The molecule has 1 heteroatoms. The SMILES string of the molecule is C[C@@H]1CC[C@H]2C(C)(C)[C@H]3C[C@@]12CC=C3CO. The Balaban J connectivity index is 2.07. The lowest BCUT2D eigenvalue weighted by molar-refractivity contribution is 0.128. The van der Waals surface area contributed by atoms with E-state index in [0.29, 0.717) is 16.7 Å². The molecule has 0 heterocycles. The Morgan fingerprint density at radius 2 is 2.12 bits per heavy atom. The molecule has 2 fully saturated rings. The molecule has 1 spiro atoms. The van der Waals surface area contributed by atoms with Crippen molar-refractivity contribution in [3.8, 4) is 0 Å². The summed E-state index contributed by atoms with van der Waals surface area (Å²) in [7, 11) is 0. The summed E-state index contributed by atoms with van der Waals surface area (Å²) in [4.78, 5) is 0. The minimum atomic E-state index is 0.283. The van der Waals surface area contributed by atoms with E-state index in [1.807, 2.05) is 0 Å². The number of aliphatic hydroxyl groups excluding tert-OH is 1. The van der Waals surface area contributed by atoms with Gasteiger partial charge in [0, 0.05) is 0 Å². The zero-order valence-corrected chi connectivity index (χ0v) is 10.8. The van der Waals surface area contributed by atoms with E-state index >= 15 is 0 Å². The molecule has 90 valence electrons. The largest absolute Gasteiger partial charge is 0.392 e. The van der Waals surface area contributed by atoms with Gasteiger partial charge in [0.15, 0.2) is 0 Å². The third-order valence-corrected chi connectivity index (χ3v) is 6.32. The Labute approximate surface area is 98.9 Å². The highest BCUT2D eigenvalue weighted by Crippen LogP contribution is 2.71. The van der Waals surface area contributed by atoms with E-state index in [1.54, 1.807) is 0 Å². The molecule has 2 saturated carbocycles. The molecule has 0 aliphatic heterocycles. The summed E-state index contributed by atoms with van der Waals surface area (Å²) in [5.41, 5.74) is 2.33. The first-order chi connectivity index (χ1) is 7.52. The van der Waals surface area contributed by atoms with Crippen LogP contribution in [0.5, 0.6) is 0 Å². The zero-order valence-electron chi connectivity index (χ0n) is 10.8. The normalized spacial score (nSPS) is 49.0. The first kappa shape index (κ1) is 10.8. The summed E-state index contributed by atoms with van der Waals surface area (Å²) < 4.78 is 0. The van der Waals surface area contributed by atoms with Crippen LogP contribution in [0, 0.1) is 28.6 Å². The van der Waals surface area contributed by atoms with Crippen LogP contribution >= 0.6 is 0 Å². The average Bonchev–Trinajstić information content (AvgIpc) is 2.65. The lowest BCUT2D eigenvalue weighted by atomic mass is 9.68. The molecule has 3 rings (SSSR count). The van der Waals surface area contributed by atoms with Crippen LogP contribution in [-0.4, -0.2) is 11.7 Å². The van der Waals surface area contributed by atoms with Gasteiger partial charge in [0.1, 0.15) is 0 Å². The first-order valence-electron chi connectivity index (χ1n) is 6.82. The van der Waals surface area contributed by atoms with Crippen molar-refractivity contribution in [1.29, 1.82) is 0 Å². The van der Waals surface area contributed by atoms with Crippen molar-refractivity contribution in [2.75, 3.05) is 6.61 Å². The number of hydrogen-bond donors (Lipinski definition) is 1. The number of rotatable bonds is 1. The van der Waals surface area contributed by atoms with Gasteiger partial charge in [-0.3, -0.25) is 0 Å². The Bertz CT molecular complexity index is 341. The van der Waals surface area contributed by atoms with Crippen LogP contribution in [0.3, 0.4) is 0 Å². The molecule has 1 N–H and O–H groups in total. The van der Waals surface area contributed by atoms with Gasteiger partial charge in [-0.1, -0.05) is 26.8 Å². The number of hydrogen-bond acceptors (Lipinski definition) is 1. The fourth-order valence-electron chi connectivity index (χ4n) is 5.35. The Kier molecular flexibility index (Phi) is 2.12. The zero-order chi connectivity index (χ0) is 11.6. The van der Waals surface area contributed by atoms with Crippen LogP contribution in [-0.2, 0) is 0 Å². The van der Waals surface area contributed by atoms with E-state index in [-0.39, 0.29) is 6.61 Å². The second-order valence-electron chi connectivity index (χ2n) is 6.98. The third kappa shape index (κ3) is 1.06. The van der Waals surface area contributed by atoms with Gasteiger partial charge < -0.3 is 5.11 Å². The molecule has 2 bridgehead atoms. The van der Waals surface area contributed by atoms with Crippen LogP contribution in [0.25, 0.3) is 0 Å². The van der Waals surface area contributed by atoms with Crippen LogP contribution in [0.4, 0.5) is 0 Å². The van der Waals surface area contributed by atoms with E-state index < -0.39 is 0 Å². The number of fused-ring (bicyclic) bond motifs is 1. The maximum Gasteiger partial charge on any atom is 0.0644 e. The first-order valence-corrected chi connectivity index (χ1v) is 6.82. The van der Waals surface area contributed by atoms with E-state index in [9.17, 15) is 5.11 Å². The highest BCUT2D eigenvalue weighted by atomic mass is 16.3. The minimum Gasteiger partial charge on any atom is -0.392 e. The summed E-state index contributed by atoms with van der Waals surface area (Å²) in [6.45, 7) is 7.62. The van der Waals surface area contributed by atoms with Gasteiger partial charge in [-0.15, -0.1) is 0 Å². The van der Waals surface area contributed by atoms with Crippen LogP contribution < -0.4 is 0 Å². The van der Waals surface area contributed by atoms with Gasteiger partial charge in [-0.2, -0.15) is 0 Å². The quantitative estimate of drug-likeness (QED) is 0.672. The van der Waals surface area contributed by atoms with E-state index in [0.717, 1.165) is 11.8 Å². The summed E-state index contributed by atoms with van der Waals surface area (Å²) >= 11 is 0. The molecule has 0 unspecified atom stereocenters. The number of aliphatic hydroxyl groups is 1. The van der Waals surface area contributed by atoms with Crippen molar-refractivity contribution in [3.05, 3.63) is 11.6 Å². The number of allylic oxidation sites excluding steroid dienone is 1. The maximum absolute atomic E-state index is 9.50. The smallest absolute Gasteiger partial charge is 0.0644 e. The predicted molar refractivity (Wildman–Crippen MR) is 66.0 cm³/mol. The average molecular weight is 220 g/mol. The summed E-state index contributed by atoms with van der Waals surface area (Å²) in [5, 5.41) is 9.50. The molecule has 0 saturated heterocycles. The molecule has 0 aromatic heterocycles. The molecule has 0 aromatic carbocycles. The van der Waals surface area contributed by atoms with Crippen LogP contribution in [0.1, 0.15) is 46.5 Å². The third-order valence-electron chi connectivity index (χ3n) is 6.32. The van der Waals surface area contributed by atoms with Crippen molar-refractivity contribution in [1.82, 2.24) is 0 Å². The molecule has 16 heavy (non-hydrogen) atoms. The predicted octanol–water partition coefficient (Wildman–Crippen LogP) is 3.39. The summed E-state index contributed by atoms with van der Waals surface area (Å²) in [6.07, 6.45) is 7.78. The van der Waals surface area contributed by atoms with Gasteiger partial charge in [0.25, 0.3) is 0 Å². The topological polar surface area (TPSA) is 20.2 Å². The molecular weight excluding hydrogens is 196 g/mol. The van der Waals surface area contributed by atoms with Crippen LogP contribution in [0.15, 0.2) is 11.6 Å². The van der Waals surface area contributed by atoms with Crippen molar-refractivity contribution < 1.29 is 5.11 Å². The maximum atomic E-state index is 9.50. The van der Waals surface area contributed by atoms with Crippen molar-refractivity contribution in [2.24, 2.45) is 28.6 Å². The molecule has 3 aliphatic carbocycles. The molecule has 0 radical (unpaired) electrons. The fourth-order valence-corrected chi connectivity index (χ4v) is 5.35. The minimum absolute atomic E-state index is 0.283. The summed E-state index contributed by atoms with van der Waals surface area (Å²) in [6, 6.07) is 0. The van der Waals surface area contributed by atoms with E-state index in [2.05, 4.69) is 26.8 Å². The van der Waals surface area contributed by atoms with Gasteiger partial charge in [-0.05, 0) is 59.8 Å². The molecule has 4 atom stereocenters. The molecular formula is C15H24O. The lowest BCUT2D eigenvalue weighted by Gasteiger charge is -2.36. The van der Waals surface area contributed by atoms with Gasteiger partial charge in [0.05, 0.1) is 6.61 Å². The Morgan fingerprint density at radius 3 is 2.81 bits per heavy atom. The van der Waals surface area contributed by atoms with Crippen molar-refractivity contribution in [3.63, 3.8) is 0 Å². The second-order valence-corrected chi connectivity index (χ2v) is 6.98. The van der Waals surface area contributed by atoms with Crippen molar-refractivity contribution >= 4 is 0 Å². The second kappa shape index (κ2) is 3.13. The monoisotopic (exact) mass is 220 g/mol. The lowest BCUT2D eigenvalue weighted by Crippen LogP contribution is -2.30. The van der Waals surface area contributed by atoms with Crippen LogP contribution in [0.2, 0.25) is 0 Å². The summed E-state index contributed by atoms with van der Waals surface area (Å²) in [5.74, 6) is 2.43. The fraction of sp³-hybridized carbons (Fsp3) is 0.867. The molecule has 3 aliphatic rings. The standard InChI is InChI=1S/C15H24O/c1-10-4-5-13-14(2,3)12-8-15(10,13)7-6-11(12)9-16/h6,10,12-13,16H,4-5,7-9H2,1-3H3/t10-,12+,13+,15+/m1/s1. The highest BCUT2D eigenvalue weighted by molar-refractivity contribution is 5.26. The molecule has 0 amide bonds. The molecule has 1 nitrogen and oxygen atoms in total. The Hall–Kier alpha value is -0.300.